The van der Waals surface area contributed by atoms with Crippen LogP contribution in [-0.4, -0.2) is 15.5 Å². The molecule has 2 aromatic carbocycles. The minimum absolute atomic E-state index is 0.0935. The Balaban J connectivity index is 2.11. The fraction of sp³-hybridized carbons (Fsp3) is 0.125. The Morgan fingerprint density at radius 3 is 2.45 bits per heavy atom. The van der Waals surface area contributed by atoms with Crippen LogP contribution in [0.2, 0.25) is 0 Å². The Morgan fingerprint density at radius 2 is 1.77 bits per heavy atom. The van der Waals surface area contributed by atoms with Gasteiger partial charge < -0.3 is 8.92 Å². The van der Waals surface area contributed by atoms with Crippen LogP contribution in [0.5, 0.6) is 5.75 Å². The Kier molecular flexibility index (Phi) is 4.08. The number of hydrogen-bond donors (Lipinski definition) is 0. The Hall–Kier alpha value is -1.63. The molecule has 3 rings (SSSR count). The molecular weight excluding hydrogens is 368 g/mol. The van der Waals surface area contributed by atoms with Gasteiger partial charge in [-0.15, -0.1) is 0 Å². The summed E-state index contributed by atoms with van der Waals surface area (Å²) in [5.74, 6) is 0.330. The second kappa shape index (κ2) is 5.87. The summed E-state index contributed by atoms with van der Waals surface area (Å²) >= 11 is 3.36. The summed E-state index contributed by atoms with van der Waals surface area (Å²) < 4.78 is 36.3. The zero-order valence-electron chi connectivity index (χ0n) is 11.7. The van der Waals surface area contributed by atoms with E-state index in [0.29, 0.717) is 11.3 Å². The van der Waals surface area contributed by atoms with Crippen molar-refractivity contribution in [1.82, 2.24) is 0 Å². The molecule has 0 radical (unpaired) electrons. The van der Waals surface area contributed by atoms with Crippen LogP contribution in [0.4, 0.5) is 0 Å². The predicted molar refractivity (Wildman–Crippen MR) is 87.9 cm³/mol. The Bertz CT molecular complexity index is 825. The quantitative estimate of drug-likeness (QED) is 0.757. The van der Waals surface area contributed by atoms with E-state index in [1.54, 1.807) is 24.3 Å². The van der Waals surface area contributed by atoms with Crippen LogP contribution in [0.3, 0.4) is 0 Å². The summed E-state index contributed by atoms with van der Waals surface area (Å²) in [6.45, 7) is 0. The molecule has 0 amide bonds. The van der Waals surface area contributed by atoms with Gasteiger partial charge in [-0.3, -0.25) is 0 Å². The molecule has 22 heavy (non-hydrogen) atoms. The van der Waals surface area contributed by atoms with E-state index in [4.69, 9.17) is 8.92 Å². The molecule has 1 heterocycles. The van der Waals surface area contributed by atoms with Crippen LogP contribution in [0.15, 0.2) is 57.9 Å². The van der Waals surface area contributed by atoms with Gasteiger partial charge >= 0.3 is 10.1 Å². The second-order valence-electron chi connectivity index (χ2n) is 4.79. The van der Waals surface area contributed by atoms with Gasteiger partial charge in [-0.25, -0.2) is 0 Å². The molecule has 6 heteroatoms. The first-order chi connectivity index (χ1) is 10.5. The molecular formula is C16H13BrO4S. The average Bonchev–Trinajstić information content (AvgIpc) is 2.49. The van der Waals surface area contributed by atoms with Crippen molar-refractivity contribution in [3.63, 3.8) is 0 Å². The molecule has 1 unspecified atom stereocenters. The average molecular weight is 381 g/mol. The van der Waals surface area contributed by atoms with E-state index >= 15 is 0 Å². The third kappa shape index (κ3) is 2.82. The van der Waals surface area contributed by atoms with Crippen molar-refractivity contribution in [3.8, 4) is 5.75 Å². The van der Waals surface area contributed by atoms with Gasteiger partial charge in [0.15, 0.2) is 0 Å². The van der Waals surface area contributed by atoms with Crippen molar-refractivity contribution >= 4 is 32.1 Å². The molecule has 0 N–H and O–H groups in total. The van der Waals surface area contributed by atoms with Crippen LogP contribution in [0.1, 0.15) is 17.2 Å². The van der Waals surface area contributed by atoms with Crippen LogP contribution < -0.4 is 4.18 Å². The lowest BCUT2D eigenvalue weighted by Crippen LogP contribution is -2.21. The minimum atomic E-state index is -3.88. The first-order valence-electron chi connectivity index (χ1n) is 6.54. The van der Waals surface area contributed by atoms with Gasteiger partial charge in [0.25, 0.3) is 0 Å². The van der Waals surface area contributed by atoms with E-state index in [0.717, 1.165) is 10.0 Å². The SMILES string of the molecule is COC(C1=Cc2ccccc2OS1(=O)=O)c1ccc(Br)cc1. The van der Waals surface area contributed by atoms with Gasteiger partial charge in [0.1, 0.15) is 16.8 Å². The molecule has 0 fully saturated rings. The molecule has 0 saturated heterocycles. The zero-order chi connectivity index (χ0) is 15.7. The highest BCUT2D eigenvalue weighted by Gasteiger charge is 2.33. The third-order valence-corrected chi connectivity index (χ3v) is 5.21. The van der Waals surface area contributed by atoms with E-state index in [1.165, 1.54) is 7.11 Å². The first kappa shape index (κ1) is 15.3. The molecule has 4 nitrogen and oxygen atoms in total. The number of fused-ring (bicyclic) bond motifs is 1. The highest BCUT2D eigenvalue weighted by atomic mass is 79.9. The van der Waals surface area contributed by atoms with E-state index in [1.807, 2.05) is 30.3 Å². The molecule has 1 aliphatic rings. The second-order valence-corrected chi connectivity index (χ2v) is 7.25. The van der Waals surface area contributed by atoms with Gasteiger partial charge in [-0.1, -0.05) is 46.3 Å². The smallest absolute Gasteiger partial charge is 0.338 e. The monoisotopic (exact) mass is 380 g/mol. The third-order valence-electron chi connectivity index (χ3n) is 3.37. The number of rotatable bonds is 3. The molecule has 0 saturated carbocycles. The molecule has 1 aliphatic heterocycles. The Morgan fingerprint density at radius 1 is 1.09 bits per heavy atom. The van der Waals surface area contributed by atoms with Crippen LogP contribution in [-0.2, 0) is 14.9 Å². The maximum Gasteiger partial charge on any atom is 0.338 e. The van der Waals surface area contributed by atoms with E-state index < -0.39 is 16.2 Å². The van der Waals surface area contributed by atoms with Crippen LogP contribution in [0, 0.1) is 0 Å². The summed E-state index contributed by atoms with van der Waals surface area (Å²) in [7, 11) is -2.41. The largest absolute Gasteiger partial charge is 0.378 e. The van der Waals surface area contributed by atoms with Crippen LogP contribution >= 0.6 is 15.9 Å². The van der Waals surface area contributed by atoms with Crippen molar-refractivity contribution in [2.75, 3.05) is 7.11 Å². The van der Waals surface area contributed by atoms with Crippen molar-refractivity contribution in [3.05, 3.63) is 69.0 Å². The normalized spacial score (nSPS) is 17.1. The predicted octanol–water partition coefficient (Wildman–Crippen LogP) is 3.90. The molecule has 0 spiro atoms. The zero-order valence-corrected chi connectivity index (χ0v) is 14.1. The van der Waals surface area contributed by atoms with E-state index in [2.05, 4.69) is 15.9 Å². The topological polar surface area (TPSA) is 52.6 Å². The van der Waals surface area contributed by atoms with E-state index in [9.17, 15) is 8.42 Å². The summed E-state index contributed by atoms with van der Waals surface area (Å²) in [6.07, 6.45) is 0.885. The molecule has 2 aromatic rings. The summed E-state index contributed by atoms with van der Waals surface area (Å²) in [5, 5.41) is 0. The first-order valence-corrected chi connectivity index (χ1v) is 8.75. The Labute approximate surface area is 137 Å². The summed E-state index contributed by atoms with van der Waals surface area (Å²) in [5.41, 5.74) is 1.45. The van der Waals surface area contributed by atoms with Gasteiger partial charge in [-0.05, 0) is 29.8 Å². The molecule has 1 atom stereocenters. The lowest BCUT2D eigenvalue weighted by atomic mass is 10.1. The molecule has 114 valence electrons. The number of benzene rings is 2. The summed E-state index contributed by atoms with van der Waals surface area (Å²) in [6, 6.07) is 14.3. The highest BCUT2D eigenvalue weighted by molar-refractivity contribution is 9.10. The van der Waals surface area contributed by atoms with Crippen molar-refractivity contribution in [2.45, 2.75) is 6.10 Å². The summed E-state index contributed by atoms with van der Waals surface area (Å²) in [4.78, 5) is 0.0935. The standard InChI is InChI=1S/C16H13BrO4S/c1-20-16(11-6-8-13(17)9-7-11)15-10-12-4-2-3-5-14(12)21-22(15,18)19/h2-10,16H,1H3. The van der Waals surface area contributed by atoms with Gasteiger partial charge in [0, 0.05) is 17.1 Å². The highest BCUT2D eigenvalue weighted by Crippen LogP contribution is 2.38. The molecule has 0 aliphatic carbocycles. The minimum Gasteiger partial charge on any atom is -0.378 e. The number of methoxy groups -OCH3 is 1. The van der Waals surface area contributed by atoms with Gasteiger partial charge in [0.05, 0.1) is 0 Å². The lowest BCUT2D eigenvalue weighted by Gasteiger charge is -2.23. The number of halogens is 1. The van der Waals surface area contributed by atoms with Crippen molar-refractivity contribution in [2.24, 2.45) is 0 Å². The van der Waals surface area contributed by atoms with Gasteiger partial charge in [0.2, 0.25) is 0 Å². The van der Waals surface area contributed by atoms with Gasteiger partial charge in [-0.2, -0.15) is 8.42 Å². The maximum atomic E-state index is 12.4. The van der Waals surface area contributed by atoms with Crippen molar-refractivity contribution in [1.29, 1.82) is 0 Å². The number of hydrogen-bond acceptors (Lipinski definition) is 4. The van der Waals surface area contributed by atoms with Crippen molar-refractivity contribution < 1.29 is 17.3 Å². The maximum absolute atomic E-state index is 12.4. The van der Waals surface area contributed by atoms with Crippen LogP contribution in [0.25, 0.3) is 6.08 Å². The van der Waals surface area contributed by atoms with E-state index in [-0.39, 0.29) is 4.91 Å². The molecule has 0 bridgehead atoms. The fourth-order valence-corrected chi connectivity index (χ4v) is 3.84. The molecule has 0 aromatic heterocycles. The lowest BCUT2D eigenvalue weighted by molar-refractivity contribution is 0.138. The number of ether oxygens (including phenoxy) is 1. The number of para-hydroxylation sites is 1. The fourth-order valence-electron chi connectivity index (χ4n) is 2.33.